The lowest BCUT2D eigenvalue weighted by atomic mass is 10.0. The number of hydrogen-bond donors (Lipinski definition) is 2. The van der Waals surface area contributed by atoms with Crippen LogP contribution in [-0.4, -0.2) is 32.8 Å². The Kier molecular flexibility index (Phi) is 3.82. The number of aliphatic carboxylic acids is 1. The van der Waals surface area contributed by atoms with Gasteiger partial charge in [-0.05, 0) is 30.5 Å². The number of aryl methyl sites for hydroxylation is 2. The largest absolute Gasteiger partial charge is 0.480 e. The number of carbonyl (C=O) groups is 1. The first-order valence-corrected chi connectivity index (χ1v) is 7.37. The van der Waals surface area contributed by atoms with Gasteiger partial charge < -0.3 is 5.11 Å². The lowest BCUT2D eigenvalue weighted by molar-refractivity contribution is -0.139. The highest BCUT2D eigenvalue weighted by molar-refractivity contribution is 7.85. The van der Waals surface area contributed by atoms with E-state index in [2.05, 4.69) is 5.32 Å². The van der Waals surface area contributed by atoms with Crippen LogP contribution in [0.1, 0.15) is 22.7 Å². The van der Waals surface area contributed by atoms with E-state index in [0.29, 0.717) is 5.75 Å². The van der Waals surface area contributed by atoms with Gasteiger partial charge in [0.25, 0.3) is 0 Å². The molecule has 1 aromatic carbocycles. The van der Waals surface area contributed by atoms with Crippen molar-refractivity contribution in [3.63, 3.8) is 0 Å². The Morgan fingerprint density at radius 1 is 1.33 bits per heavy atom. The first kappa shape index (κ1) is 13.2. The van der Waals surface area contributed by atoms with E-state index in [9.17, 15) is 9.00 Å². The van der Waals surface area contributed by atoms with Crippen molar-refractivity contribution in [3.05, 3.63) is 34.9 Å². The zero-order chi connectivity index (χ0) is 13.3. The first-order valence-electron chi connectivity index (χ1n) is 5.88. The van der Waals surface area contributed by atoms with Crippen molar-refractivity contribution in [3.8, 4) is 0 Å². The molecule has 3 unspecified atom stereocenters. The highest BCUT2D eigenvalue weighted by Crippen LogP contribution is 2.21. The van der Waals surface area contributed by atoms with Crippen molar-refractivity contribution in [2.45, 2.75) is 25.9 Å². The number of carboxylic acid groups (broad SMARTS) is 1. The molecule has 1 aliphatic heterocycles. The number of benzene rings is 1. The van der Waals surface area contributed by atoms with Gasteiger partial charge in [0.05, 0.1) is 0 Å². The van der Waals surface area contributed by atoms with Crippen molar-refractivity contribution in [1.29, 1.82) is 0 Å². The lowest BCUT2D eigenvalue weighted by Crippen LogP contribution is -2.49. The Labute approximate surface area is 109 Å². The molecule has 1 aliphatic rings. The molecular weight excluding hydrogens is 250 g/mol. The van der Waals surface area contributed by atoms with Crippen LogP contribution in [0.5, 0.6) is 0 Å². The number of rotatable bonds is 2. The summed E-state index contributed by atoms with van der Waals surface area (Å²) in [6.07, 6.45) is 0. The highest BCUT2D eigenvalue weighted by atomic mass is 32.2. The van der Waals surface area contributed by atoms with Gasteiger partial charge >= 0.3 is 5.97 Å². The SMILES string of the molecule is Cc1ccc(C2CS(=O)CC(C(=O)O)N2)cc1C. The Bertz CT molecular complexity index is 501. The van der Waals surface area contributed by atoms with Gasteiger partial charge in [0.2, 0.25) is 0 Å². The molecule has 0 radical (unpaired) electrons. The van der Waals surface area contributed by atoms with Gasteiger partial charge in [0.15, 0.2) is 0 Å². The lowest BCUT2D eigenvalue weighted by Gasteiger charge is -2.28. The van der Waals surface area contributed by atoms with Gasteiger partial charge in [-0.3, -0.25) is 14.3 Å². The summed E-state index contributed by atoms with van der Waals surface area (Å²) in [6.45, 7) is 4.05. The van der Waals surface area contributed by atoms with Gasteiger partial charge in [-0.15, -0.1) is 0 Å². The van der Waals surface area contributed by atoms with E-state index in [1.54, 1.807) is 0 Å². The van der Waals surface area contributed by atoms with E-state index < -0.39 is 22.8 Å². The maximum Gasteiger partial charge on any atom is 0.321 e. The second-order valence-electron chi connectivity index (χ2n) is 4.73. The number of nitrogens with one attached hydrogen (secondary N) is 1. The number of hydrogen-bond acceptors (Lipinski definition) is 3. The molecule has 0 spiro atoms. The van der Waals surface area contributed by atoms with E-state index in [-0.39, 0.29) is 11.8 Å². The Balaban J connectivity index is 2.23. The molecule has 5 heteroatoms. The molecule has 18 heavy (non-hydrogen) atoms. The Hall–Kier alpha value is -1.20. The molecular formula is C13H17NO3S. The molecule has 0 aromatic heterocycles. The average molecular weight is 267 g/mol. The molecule has 2 rings (SSSR count). The second kappa shape index (κ2) is 5.20. The summed E-state index contributed by atoms with van der Waals surface area (Å²) in [4.78, 5) is 11.0. The first-order chi connectivity index (χ1) is 8.47. The van der Waals surface area contributed by atoms with Crippen LogP contribution in [0.15, 0.2) is 18.2 Å². The third kappa shape index (κ3) is 2.79. The van der Waals surface area contributed by atoms with Gasteiger partial charge in [-0.25, -0.2) is 0 Å². The van der Waals surface area contributed by atoms with E-state index >= 15 is 0 Å². The molecule has 0 amide bonds. The summed E-state index contributed by atoms with van der Waals surface area (Å²) < 4.78 is 11.7. The van der Waals surface area contributed by atoms with Crippen LogP contribution in [-0.2, 0) is 15.6 Å². The van der Waals surface area contributed by atoms with Crippen LogP contribution < -0.4 is 5.32 Å². The van der Waals surface area contributed by atoms with Gasteiger partial charge in [0.1, 0.15) is 6.04 Å². The highest BCUT2D eigenvalue weighted by Gasteiger charge is 2.31. The smallest absolute Gasteiger partial charge is 0.321 e. The summed E-state index contributed by atoms with van der Waals surface area (Å²) in [5.41, 5.74) is 3.38. The van der Waals surface area contributed by atoms with Crippen LogP contribution in [0, 0.1) is 13.8 Å². The fourth-order valence-electron chi connectivity index (χ4n) is 2.10. The van der Waals surface area contributed by atoms with E-state index in [0.717, 1.165) is 11.1 Å². The molecule has 1 fully saturated rings. The molecule has 0 aliphatic carbocycles. The van der Waals surface area contributed by atoms with Crippen LogP contribution in [0.4, 0.5) is 0 Å². The molecule has 4 nitrogen and oxygen atoms in total. The Morgan fingerprint density at radius 3 is 2.67 bits per heavy atom. The maximum atomic E-state index is 11.7. The molecule has 1 heterocycles. The Morgan fingerprint density at radius 2 is 2.06 bits per heavy atom. The molecule has 98 valence electrons. The van der Waals surface area contributed by atoms with Gasteiger partial charge in [0, 0.05) is 28.3 Å². The minimum Gasteiger partial charge on any atom is -0.480 e. The third-order valence-electron chi connectivity index (χ3n) is 3.34. The summed E-state index contributed by atoms with van der Waals surface area (Å²) in [5, 5.41) is 12.1. The van der Waals surface area contributed by atoms with Crippen LogP contribution >= 0.6 is 0 Å². The van der Waals surface area contributed by atoms with Gasteiger partial charge in [-0.1, -0.05) is 18.2 Å². The molecule has 1 saturated heterocycles. The topological polar surface area (TPSA) is 66.4 Å². The number of carboxylic acids is 1. The normalized spacial score (nSPS) is 28.0. The van der Waals surface area contributed by atoms with Crippen molar-refractivity contribution in [1.82, 2.24) is 5.32 Å². The van der Waals surface area contributed by atoms with Crippen molar-refractivity contribution in [2.24, 2.45) is 0 Å². The quantitative estimate of drug-likeness (QED) is 0.843. The van der Waals surface area contributed by atoms with E-state index in [1.807, 2.05) is 32.0 Å². The minimum absolute atomic E-state index is 0.139. The van der Waals surface area contributed by atoms with E-state index in [4.69, 9.17) is 5.11 Å². The maximum absolute atomic E-state index is 11.7. The predicted molar refractivity (Wildman–Crippen MR) is 71.1 cm³/mol. The zero-order valence-electron chi connectivity index (χ0n) is 10.5. The third-order valence-corrected chi connectivity index (χ3v) is 4.75. The summed E-state index contributed by atoms with van der Waals surface area (Å²) in [5.74, 6) is -0.264. The monoisotopic (exact) mass is 267 g/mol. The predicted octanol–water partition coefficient (Wildman–Crippen LogP) is 1.15. The average Bonchev–Trinajstić information content (AvgIpc) is 2.31. The molecule has 3 atom stereocenters. The molecule has 2 N–H and O–H groups in total. The fraction of sp³-hybridized carbons (Fsp3) is 0.462. The van der Waals surface area contributed by atoms with Gasteiger partial charge in [-0.2, -0.15) is 0 Å². The van der Waals surface area contributed by atoms with Crippen molar-refractivity contribution in [2.75, 3.05) is 11.5 Å². The standard InChI is InChI=1S/C13H17NO3S/c1-8-3-4-10(5-9(8)2)11-6-18(17)7-12(14-11)13(15)16/h3-5,11-12,14H,6-7H2,1-2H3,(H,15,16). The summed E-state index contributed by atoms with van der Waals surface area (Å²) >= 11 is 0. The van der Waals surface area contributed by atoms with E-state index in [1.165, 1.54) is 5.56 Å². The molecule has 1 aromatic rings. The minimum atomic E-state index is -1.08. The van der Waals surface area contributed by atoms with Crippen LogP contribution in [0.3, 0.4) is 0 Å². The second-order valence-corrected chi connectivity index (χ2v) is 6.27. The fourth-order valence-corrected chi connectivity index (χ4v) is 3.50. The van der Waals surface area contributed by atoms with Crippen molar-refractivity contribution >= 4 is 16.8 Å². The van der Waals surface area contributed by atoms with Crippen LogP contribution in [0.2, 0.25) is 0 Å². The van der Waals surface area contributed by atoms with Crippen LogP contribution in [0.25, 0.3) is 0 Å². The molecule has 0 bridgehead atoms. The zero-order valence-corrected chi connectivity index (χ0v) is 11.3. The molecule has 0 saturated carbocycles. The summed E-state index contributed by atoms with van der Waals surface area (Å²) in [7, 11) is -1.08. The van der Waals surface area contributed by atoms with Crippen molar-refractivity contribution < 1.29 is 14.1 Å². The summed E-state index contributed by atoms with van der Waals surface area (Å²) in [6, 6.07) is 5.17.